The molecule has 0 saturated carbocycles. The van der Waals surface area contributed by atoms with Gasteiger partial charge in [0.15, 0.2) is 0 Å². The quantitative estimate of drug-likeness (QED) is 0.416. The van der Waals surface area contributed by atoms with Crippen LogP contribution in [0.1, 0.15) is 41.6 Å². The first-order valence-electron chi connectivity index (χ1n) is 11.8. The molecule has 2 aliphatic rings. The first kappa shape index (κ1) is 23.5. The minimum absolute atomic E-state index is 0.348. The van der Waals surface area contributed by atoms with Crippen molar-refractivity contribution >= 4 is 5.95 Å². The van der Waals surface area contributed by atoms with Crippen LogP contribution >= 0.6 is 0 Å². The molecule has 1 saturated heterocycles. The Kier molecular flexibility index (Phi) is 6.60. The van der Waals surface area contributed by atoms with E-state index in [1.165, 1.54) is 30.7 Å². The third kappa shape index (κ3) is 5.56. The van der Waals surface area contributed by atoms with Crippen LogP contribution in [0.25, 0.3) is 0 Å². The molecular weight excluding hydrogens is 460 g/mol. The van der Waals surface area contributed by atoms with Crippen LogP contribution < -0.4 is 9.64 Å². The molecule has 1 aromatic heterocycles. The summed E-state index contributed by atoms with van der Waals surface area (Å²) in [4.78, 5) is 13.9. The van der Waals surface area contributed by atoms with Gasteiger partial charge in [-0.05, 0) is 61.2 Å². The third-order valence-electron chi connectivity index (χ3n) is 6.44. The standard InChI is InChI=1S/C26H26F4N4O/c27-20-8-10-21(11-9-20)35-24-22-17-33(16-18-4-6-19(7-5-18)26(28,29)30)15-12-23(22)31-25(32-24)34-13-2-1-3-14-34/h4-11H,1-3,12-17H2. The van der Waals surface area contributed by atoms with E-state index >= 15 is 0 Å². The van der Waals surface area contributed by atoms with Crippen molar-refractivity contribution in [2.24, 2.45) is 0 Å². The van der Waals surface area contributed by atoms with Crippen LogP contribution in [0.15, 0.2) is 48.5 Å². The Morgan fingerprint density at radius 3 is 2.26 bits per heavy atom. The van der Waals surface area contributed by atoms with Crippen LogP contribution in [-0.4, -0.2) is 34.5 Å². The van der Waals surface area contributed by atoms with E-state index in [4.69, 9.17) is 14.7 Å². The highest BCUT2D eigenvalue weighted by molar-refractivity contribution is 5.44. The number of fused-ring (bicyclic) bond motifs is 1. The molecule has 35 heavy (non-hydrogen) atoms. The summed E-state index contributed by atoms with van der Waals surface area (Å²) in [6.45, 7) is 3.53. The molecule has 0 radical (unpaired) electrons. The van der Waals surface area contributed by atoms with Crippen molar-refractivity contribution < 1.29 is 22.3 Å². The molecule has 0 aliphatic carbocycles. The topological polar surface area (TPSA) is 41.5 Å². The molecule has 5 nitrogen and oxygen atoms in total. The van der Waals surface area contributed by atoms with Gasteiger partial charge in [-0.25, -0.2) is 9.37 Å². The lowest BCUT2D eigenvalue weighted by molar-refractivity contribution is -0.137. The van der Waals surface area contributed by atoms with Crippen LogP contribution in [0, 0.1) is 5.82 Å². The van der Waals surface area contributed by atoms with Gasteiger partial charge >= 0.3 is 6.18 Å². The minimum atomic E-state index is -4.35. The fourth-order valence-electron chi connectivity index (χ4n) is 4.55. The van der Waals surface area contributed by atoms with Gasteiger partial charge in [0.05, 0.1) is 16.8 Å². The monoisotopic (exact) mass is 486 g/mol. The summed E-state index contributed by atoms with van der Waals surface area (Å²) in [7, 11) is 0. The van der Waals surface area contributed by atoms with Gasteiger partial charge in [-0.15, -0.1) is 0 Å². The molecule has 0 N–H and O–H groups in total. The molecule has 2 aliphatic heterocycles. The normalized spacial score (nSPS) is 16.7. The SMILES string of the molecule is Fc1ccc(Oc2nc(N3CCCCC3)nc3c2CN(Cc2ccc(C(F)(F)F)cc2)CC3)cc1. The summed E-state index contributed by atoms with van der Waals surface area (Å²) in [5.41, 5.74) is 1.92. The van der Waals surface area contributed by atoms with E-state index in [0.29, 0.717) is 37.1 Å². The lowest BCUT2D eigenvalue weighted by Gasteiger charge is -2.32. The van der Waals surface area contributed by atoms with E-state index in [9.17, 15) is 17.6 Å². The average Bonchev–Trinajstić information content (AvgIpc) is 2.86. The van der Waals surface area contributed by atoms with E-state index in [0.717, 1.165) is 61.4 Å². The van der Waals surface area contributed by atoms with Gasteiger partial charge in [0, 0.05) is 39.1 Å². The molecule has 0 bridgehead atoms. The van der Waals surface area contributed by atoms with Crippen LogP contribution in [0.2, 0.25) is 0 Å². The smallest absolute Gasteiger partial charge is 0.416 e. The van der Waals surface area contributed by atoms with Crippen LogP contribution in [0.3, 0.4) is 0 Å². The number of nitrogens with zero attached hydrogens (tertiary/aromatic N) is 4. The second kappa shape index (κ2) is 9.81. The molecule has 0 unspecified atom stereocenters. The number of ether oxygens (including phenoxy) is 1. The lowest BCUT2D eigenvalue weighted by Crippen LogP contribution is -2.34. The average molecular weight is 487 g/mol. The summed E-state index contributed by atoms with van der Waals surface area (Å²) >= 11 is 0. The number of rotatable bonds is 5. The van der Waals surface area contributed by atoms with Crippen LogP contribution in [-0.2, 0) is 25.7 Å². The van der Waals surface area contributed by atoms with Gasteiger partial charge in [0.2, 0.25) is 11.8 Å². The Morgan fingerprint density at radius 1 is 0.857 bits per heavy atom. The van der Waals surface area contributed by atoms with Crippen LogP contribution in [0.5, 0.6) is 11.6 Å². The first-order chi connectivity index (χ1) is 16.8. The van der Waals surface area contributed by atoms with Crippen molar-refractivity contribution in [2.45, 2.75) is 44.9 Å². The molecule has 3 aromatic rings. The predicted octanol–water partition coefficient (Wildman–Crippen LogP) is 5.98. The van der Waals surface area contributed by atoms with Crippen molar-refractivity contribution in [3.8, 4) is 11.6 Å². The number of alkyl halides is 3. The fourth-order valence-corrected chi connectivity index (χ4v) is 4.55. The number of benzene rings is 2. The predicted molar refractivity (Wildman–Crippen MR) is 124 cm³/mol. The lowest BCUT2D eigenvalue weighted by atomic mass is 10.0. The van der Waals surface area contributed by atoms with Gasteiger partial charge in [0.1, 0.15) is 11.6 Å². The summed E-state index contributed by atoms with van der Waals surface area (Å²) in [5, 5.41) is 0. The number of anilines is 1. The van der Waals surface area contributed by atoms with E-state index < -0.39 is 11.7 Å². The molecule has 3 heterocycles. The Labute approximate surface area is 201 Å². The third-order valence-corrected chi connectivity index (χ3v) is 6.44. The number of halogens is 4. The zero-order valence-electron chi connectivity index (χ0n) is 19.2. The maximum Gasteiger partial charge on any atom is 0.416 e. The molecule has 0 atom stereocenters. The molecule has 184 valence electrons. The Morgan fingerprint density at radius 2 is 1.57 bits per heavy atom. The summed E-state index contributed by atoms with van der Waals surface area (Å²) in [6, 6.07) is 11.1. The molecule has 1 fully saturated rings. The molecule has 0 spiro atoms. The van der Waals surface area contributed by atoms with Crippen molar-refractivity contribution in [1.29, 1.82) is 0 Å². The zero-order valence-corrected chi connectivity index (χ0v) is 19.2. The second-order valence-electron chi connectivity index (χ2n) is 9.01. The molecule has 5 rings (SSSR count). The molecule has 9 heteroatoms. The first-order valence-corrected chi connectivity index (χ1v) is 11.8. The molecular formula is C26H26F4N4O. The number of piperidine rings is 1. The van der Waals surface area contributed by atoms with Gasteiger partial charge in [0.25, 0.3) is 0 Å². The molecule has 2 aromatic carbocycles. The van der Waals surface area contributed by atoms with Crippen molar-refractivity contribution in [1.82, 2.24) is 14.9 Å². The van der Waals surface area contributed by atoms with Gasteiger partial charge in [-0.2, -0.15) is 18.2 Å². The Bertz CT molecular complexity index is 1160. The van der Waals surface area contributed by atoms with Gasteiger partial charge in [-0.1, -0.05) is 12.1 Å². The Balaban J connectivity index is 1.40. The highest BCUT2D eigenvalue weighted by Crippen LogP contribution is 2.33. The molecule has 0 amide bonds. The highest BCUT2D eigenvalue weighted by Gasteiger charge is 2.30. The van der Waals surface area contributed by atoms with Gasteiger partial charge < -0.3 is 9.64 Å². The highest BCUT2D eigenvalue weighted by atomic mass is 19.4. The second-order valence-corrected chi connectivity index (χ2v) is 9.01. The van der Waals surface area contributed by atoms with E-state index in [2.05, 4.69) is 9.80 Å². The summed E-state index contributed by atoms with van der Waals surface area (Å²) in [5.74, 6) is 1.23. The summed E-state index contributed by atoms with van der Waals surface area (Å²) in [6.07, 6.45) is -0.290. The maximum atomic E-state index is 13.4. The van der Waals surface area contributed by atoms with Crippen molar-refractivity contribution in [3.05, 3.63) is 76.7 Å². The van der Waals surface area contributed by atoms with Crippen molar-refractivity contribution in [2.75, 3.05) is 24.5 Å². The van der Waals surface area contributed by atoms with Gasteiger partial charge in [-0.3, -0.25) is 4.90 Å². The largest absolute Gasteiger partial charge is 0.438 e. The van der Waals surface area contributed by atoms with E-state index in [1.54, 1.807) is 12.1 Å². The van der Waals surface area contributed by atoms with E-state index in [1.807, 2.05) is 0 Å². The zero-order chi connectivity index (χ0) is 24.4. The van der Waals surface area contributed by atoms with Crippen molar-refractivity contribution in [3.63, 3.8) is 0 Å². The number of hydrogen-bond acceptors (Lipinski definition) is 5. The fraction of sp³-hybridized carbons (Fsp3) is 0.385. The summed E-state index contributed by atoms with van der Waals surface area (Å²) < 4.78 is 58.2. The van der Waals surface area contributed by atoms with E-state index in [-0.39, 0.29) is 5.82 Å². The van der Waals surface area contributed by atoms with Crippen LogP contribution in [0.4, 0.5) is 23.5 Å². The minimum Gasteiger partial charge on any atom is -0.438 e. The maximum absolute atomic E-state index is 13.4. The number of aromatic nitrogens is 2. The number of hydrogen-bond donors (Lipinski definition) is 0. The Hall–Kier alpha value is -3.20.